The molecule has 5 heteroatoms. The number of fused-ring (bicyclic) bond motifs is 7. The van der Waals surface area contributed by atoms with E-state index in [4.69, 9.17) is 0 Å². The Morgan fingerprint density at radius 2 is 1.13 bits per heavy atom. The third-order valence-electron chi connectivity index (χ3n) is 11.3. The Morgan fingerprint density at radius 1 is 0.623 bits per heavy atom. The molecule has 0 saturated carbocycles. The molecule has 9 rings (SSSR count). The van der Waals surface area contributed by atoms with Crippen molar-refractivity contribution in [3.8, 4) is 39.4 Å². The summed E-state index contributed by atoms with van der Waals surface area (Å²) < 4.78 is 1.03. The predicted octanol–water partition coefficient (Wildman–Crippen LogP) is 12.6. The van der Waals surface area contributed by atoms with Gasteiger partial charge in [0.25, 0.3) is 0 Å². The second kappa shape index (κ2) is 11.9. The van der Waals surface area contributed by atoms with Gasteiger partial charge in [-0.1, -0.05) is 113 Å². The molecule has 1 N–H and O–H groups in total. The fraction of sp³-hybridized carbons (Fsp3) is 0.125. The Labute approximate surface area is 313 Å². The Kier molecular flexibility index (Phi) is 7.34. The Bertz CT molecular complexity index is 2620. The van der Waals surface area contributed by atoms with Crippen LogP contribution in [0.25, 0.3) is 49.5 Å². The van der Waals surface area contributed by atoms with Crippen LogP contribution in [0, 0.1) is 11.3 Å². The molecule has 1 heterocycles. The molecule has 1 aromatic heterocycles. The number of aliphatic carboxylic acids is 1. The molecular formula is C48H36N2O2S. The number of carboxylic acids is 1. The van der Waals surface area contributed by atoms with Crippen LogP contribution in [-0.2, 0) is 15.6 Å². The van der Waals surface area contributed by atoms with E-state index in [1.165, 1.54) is 61.9 Å². The van der Waals surface area contributed by atoms with Crippen molar-refractivity contribution in [3.05, 3.63) is 166 Å². The quantitative estimate of drug-likeness (QED) is 0.138. The topological polar surface area (TPSA) is 64.3 Å². The highest BCUT2D eigenvalue weighted by Crippen LogP contribution is 2.53. The van der Waals surface area contributed by atoms with Crippen molar-refractivity contribution in [2.24, 2.45) is 0 Å². The monoisotopic (exact) mass is 704 g/mol. The zero-order valence-electron chi connectivity index (χ0n) is 29.9. The summed E-state index contributed by atoms with van der Waals surface area (Å²) in [7, 11) is 0. The van der Waals surface area contributed by atoms with Gasteiger partial charge in [0.1, 0.15) is 11.6 Å². The molecule has 2 aliphatic rings. The maximum atomic E-state index is 11.4. The van der Waals surface area contributed by atoms with Crippen LogP contribution in [0.5, 0.6) is 0 Å². The van der Waals surface area contributed by atoms with Crippen LogP contribution in [0.4, 0.5) is 17.1 Å². The summed E-state index contributed by atoms with van der Waals surface area (Å²) in [6.45, 7) is 9.31. The van der Waals surface area contributed by atoms with Gasteiger partial charge in [-0.3, -0.25) is 0 Å². The normalized spacial score (nSPS) is 14.6. The van der Waals surface area contributed by atoms with Crippen LogP contribution in [0.2, 0.25) is 0 Å². The zero-order valence-corrected chi connectivity index (χ0v) is 30.8. The smallest absolute Gasteiger partial charge is 0.346 e. The molecule has 0 radical (unpaired) electrons. The molecule has 0 amide bonds. The van der Waals surface area contributed by atoms with E-state index in [1.807, 2.05) is 6.07 Å². The van der Waals surface area contributed by atoms with Crippen LogP contribution >= 0.6 is 11.3 Å². The van der Waals surface area contributed by atoms with E-state index in [0.717, 1.165) is 43.2 Å². The molecule has 0 atom stereocenters. The Morgan fingerprint density at radius 3 is 1.68 bits per heavy atom. The van der Waals surface area contributed by atoms with Crippen LogP contribution in [0.3, 0.4) is 0 Å². The van der Waals surface area contributed by atoms with Crippen molar-refractivity contribution in [1.82, 2.24) is 0 Å². The van der Waals surface area contributed by atoms with Gasteiger partial charge in [0.05, 0.1) is 0 Å². The van der Waals surface area contributed by atoms with Crippen LogP contribution in [0.1, 0.15) is 54.8 Å². The number of carbonyl (C=O) groups is 1. The maximum Gasteiger partial charge on any atom is 0.346 e. The number of anilines is 3. The summed E-state index contributed by atoms with van der Waals surface area (Å²) in [6, 6.07) is 50.2. The number of benzene rings is 6. The Hall–Kier alpha value is -6.22. The molecule has 0 spiro atoms. The number of hydrogen-bond donors (Lipinski definition) is 1. The first-order valence-electron chi connectivity index (χ1n) is 17.8. The molecule has 6 aromatic carbocycles. The van der Waals surface area contributed by atoms with E-state index in [1.54, 1.807) is 6.07 Å². The lowest BCUT2D eigenvalue weighted by atomic mass is 9.82. The fourth-order valence-corrected chi connectivity index (χ4v) is 9.55. The lowest BCUT2D eigenvalue weighted by Crippen LogP contribution is -2.18. The summed E-state index contributed by atoms with van der Waals surface area (Å²) in [5, 5.41) is 19.6. The van der Waals surface area contributed by atoms with Crippen LogP contribution in [0.15, 0.2) is 139 Å². The first-order valence-corrected chi connectivity index (χ1v) is 18.6. The average Bonchev–Trinajstić information content (AvgIpc) is 3.76. The summed E-state index contributed by atoms with van der Waals surface area (Å²) in [6.07, 6.45) is 1.44. The second-order valence-electron chi connectivity index (χ2n) is 15.1. The largest absolute Gasteiger partial charge is 0.477 e. The standard InChI is InChI=1S/C48H36N2O2S/c1-47(2)41-11-7-5-9-37(41)39-21-19-34(26-43(39)47)50(35-20-22-40-38-10-6-8-12-42(38)48(3,4)44(40)27-35)33-17-15-29(16-18-33)30-13-14-31-23-36(53-45(31)25-30)24-32(28-49)46(51)52/h5-27H,1-4H3,(H,51,52)/b32-24+. The summed E-state index contributed by atoms with van der Waals surface area (Å²) in [5.74, 6) is -1.22. The van der Waals surface area contributed by atoms with E-state index < -0.39 is 5.97 Å². The van der Waals surface area contributed by atoms with Crippen LogP contribution in [-0.4, -0.2) is 11.1 Å². The molecule has 0 saturated heterocycles. The minimum Gasteiger partial charge on any atom is -0.477 e. The molecule has 7 aromatic rings. The first kappa shape index (κ1) is 32.7. The van der Waals surface area contributed by atoms with Gasteiger partial charge in [-0.2, -0.15) is 5.26 Å². The van der Waals surface area contributed by atoms with Gasteiger partial charge in [-0.25, -0.2) is 4.79 Å². The molecule has 0 fully saturated rings. The molecular weight excluding hydrogens is 669 g/mol. The van der Waals surface area contributed by atoms with Crippen molar-refractivity contribution in [2.45, 2.75) is 38.5 Å². The van der Waals surface area contributed by atoms with E-state index in [0.29, 0.717) is 0 Å². The van der Waals surface area contributed by atoms with Crippen LogP contribution < -0.4 is 4.90 Å². The average molecular weight is 705 g/mol. The lowest BCUT2D eigenvalue weighted by molar-refractivity contribution is -0.132. The molecule has 2 aliphatic carbocycles. The first-order chi connectivity index (χ1) is 25.5. The second-order valence-corrected chi connectivity index (χ2v) is 16.2. The van der Waals surface area contributed by atoms with Gasteiger partial charge < -0.3 is 10.0 Å². The molecule has 0 unspecified atom stereocenters. The predicted molar refractivity (Wildman–Crippen MR) is 218 cm³/mol. The van der Waals surface area contributed by atoms with E-state index in [9.17, 15) is 15.2 Å². The third kappa shape index (κ3) is 5.13. The summed E-state index contributed by atoms with van der Waals surface area (Å²) in [4.78, 5) is 14.5. The number of rotatable bonds is 6. The van der Waals surface area contributed by atoms with Gasteiger partial charge in [-0.05, 0) is 116 Å². The highest BCUT2D eigenvalue weighted by Gasteiger charge is 2.37. The zero-order chi connectivity index (χ0) is 36.6. The van der Waals surface area contributed by atoms with Crippen molar-refractivity contribution >= 4 is 50.5 Å². The number of nitriles is 1. The van der Waals surface area contributed by atoms with Gasteiger partial charge in [0.15, 0.2) is 0 Å². The van der Waals surface area contributed by atoms with Gasteiger partial charge in [0.2, 0.25) is 0 Å². The number of nitrogens with zero attached hydrogens (tertiary/aromatic N) is 2. The van der Waals surface area contributed by atoms with Gasteiger partial charge in [-0.15, -0.1) is 11.3 Å². The van der Waals surface area contributed by atoms with Gasteiger partial charge >= 0.3 is 5.97 Å². The summed E-state index contributed by atoms with van der Waals surface area (Å²) in [5.41, 5.74) is 15.5. The maximum absolute atomic E-state index is 11.4. The van der Waals surface area contributed by atoms with Crippen molar-refractivity contribution < 1.29 is 9.90 Å². The van der Waals surface area contributed by atoms with Crippen molar-refractivity contribution in [2.75, 3.05) is 4.90 Å². The van der Waals surface area contributed by atoms with Crippen molar-refractivity contribution in [1.29, 1.82) is 5.26 Å². The Balaban J connectivity index is 1.14. The highest BCUT2D eigenvalue weighted by molar-refractivity contribution is 7.19. The van der Waals surface area contributed by atoms with Crippen molar-refractivity contribution in [3.63, 3.8) is 0 Å². The van der Waals surface area contributed by atoms with E-state index in [2.05, 4.69) is 160 Å². The number of hydrogen-bond acceptors (Lipinski definition) is 4. The molecule has 4 nitrogen and oxygen atoms in total. The third-order valence-corrected chi connectivity index (χ3v) is 12.3. The number of thiophene rings is 1. The minimum absolute atomic E-state index is 0.126. The lowest BCUT2D eigenvalue weighted by Gasteiger charge is -2.30. The molecule has 256 valence electrons. The van der Waals surface area contributed by atoms with E-state index >= 15 is 0 Å². The molecule has 0 bridgehead atoms. The SMILES string of the molecule is CC1(C)c2ccccc2-c2ccc(N(c3ccc(-c4ccc5cc(/C=C(\C#N)C(=O)O)sc5c4)cc3)c3ccc4c(c3)C(C)(C)c3ccccc3-4)cc21. The number of carboxylic acid groups (broad SMARTS) is 1. The van der Waals surface area contributed by atoms with Gasteiger partial charge in [0, 0.05) is 37.5 Å². The van der Waals surface area contributed by atoms with E-state index in [-0.39, 0.29) is 16.4 Å². The molecule has 53 heavy (non-hydrogen) atoms. The summed E-state index contributed by atoms with van der Waals surface area (Å²) >= 11 is 1.48. The minimum atomic E-state index is -1.22. The fourth-order valence-electron chi connectivity index (χ4n) is 8.50. The highest BCUT2D eigenvalue weighted by atomic mass is 32.1. The molecule has 0 aliphatic heterocycles.